The van der Waals surface area contributed by atoms with E-state index in [0.29, 0.717) is 23.4 Å². The average molecular weight is 348 g/mol. The van der Waals surface area contributed by atoms with E-state index >= 15 is 0 Å². The Hall–Kier alpha value is -2.60. The molecule has 11 nitrogen and oxygen atoms in total. The first-order valence-electron chi connectivity index (χ1n) is 7.64. The van der Waals surface area contributed by atoms with Crippen LogP contribution in [0.25, 0.3) is 11.0 Å². The summed E-state index contributed by atoms with van der Waals surface area (Å²) in [4.78, 5) is 0. The van der Waals surface area contributed by atoms with Crippen LogP contribution in [0.5, 0.6) is 0 Å². The first-order chi connectivity index (χ1) is 12.2. The lowest BCUT2D eigenvalue weighted by molar-refractivity contribution is -0.0572. The van der Waals surface area contributed by atoms with E-state index < -0.39 is 31.1 Å². The van der Waals surface area contributed by atoms with E-state index in [2.05, 4.69) is 25.8 Å². The van der Waals surface area contributed by atoms with Crippen LogP contribution in [0.2, 0.25) is 0 Å². The van der Waals surface area contributed by atoms with E-state index in [1.54, 1.807) is 12.3 Å². The molecule has 4 heterocycles. The van der Waals surface area contributed by atoms with E-state index in [9.17, 15) is 15.3 Å². The van der Waals surface area contributed by atoms with Gasteiger partial charge in [0.25, 0.3) is 0 Å². The lowest BCUT2D eigenvalue weighted by atomic mass is 10.1. The Bertz CT molecular complexity index is 853. The second kappa shape index (κ2) is 6.37. The topological polar surface area (TPSA) is 152 Å². The smallest absolute Gasteiger partial charge is 0.181 e. The van der Waals surface area contributed by atoms with Gasteiger partial charge in [-0.2, -0.15) is 5.10 Å². The number of aromatic nitrogens is 5. The van der Waals surface area contributed by atoms with Gasteiger partial charge in [-0.1, -0.05) is 5.21 Å². The van der Waals surface area contributed by atoms with E-state index in [1.807, 2.05) is 6.07 Å². The number of nitrogens with zero attached hydrogens (tertiary/aromatic N) is 5. The van der Waals surface area contributed by atoms with Gasteiger partial charge in [-0.05, 0) is 12.1 Å². The molecule has 0 aliphatic carbocycles. The molecule has 0 unspecified atom stereocenters. The molecule has 0 bridgehead atoms. The molecule has 1 fully saturated rings. The van der Waals surface area contributed by atoms with Crippen molar-refractivity contribution in [2.45, 2.75) is 31.1 Å². The van der Waals surface area contributed by atoms with Crippen LogP contribution >= 0.6 is 0 Å². The molecule has 25 heavy (non-hydrogen) atoms. The summed E-state index contributed by atoms with van der Waals surface area (Å²) in [7, 11) is 0. The van der Waals surface area contributed by atoms with E-state index in [1.165, 1.54) is 10.9 Å². The van der Waals surface area contributed by atoms with Gasteiger partial charge in [-0.3, -0.25) is 0 Å². The Balaban J connectivity index is 1.63. The fourth-order valence-electron chi connectivity index (χ4n) is 2.75. The van der Waals surface area contributed by atoms with E-state index in [0.717, 1.165) is 5.76 Å². The van der Waals surface area contributed by atoms with E-state index in [4.69, 9.17) is 9.15 Å². The quantitative estimate of drug-likeness (QED) is 0.453. The van der Waals surface area contributed by atoms with Crippen LogP contribution in [-0.4, -0.2) is 65.4 Å². The predicted molar refractivity (Wildman–Crippen MR) is 82.2 cm³/mol. The van der Waals surface area contributed by atoms with Gasteiger partial charge in [0.05, 0.1) is 25.6 Å². The molecule has 0 aromatic carbocycles. The second-order valence-corrected chi connectivity index (χ2v) is 5.62. The molecule has 0 spiro atoms. The van der Waals surface area contributed by atoms with Crippen molar-refractivity contribution in [3.05, 3.63) is 30.4 Å². The largest absolute Gasteiger partial charge is 0.467 e. The summed E-state index contributed by atoms with van der Waals surface area (Å²) in [6.45, 7) is -0.0291. The summed E-state index contributed by atoms with van der Waals surface area (Å²) in [6, 6.07) is 3.60. The third-order valence-electron chi connectivity index (χ3n) is 4.06. The minimum atomic E-state index is -1.25. The maximum absolute atomic E-state index is 10.1. The summed E-state index contributed by atoms with van der Waals surface area (Å²) in [5, 5.41) is 48.3. The highest BCUT2D eigenvalue weighted by Crippen LogP contribution is 2.31. The summed E-state index contributed by atoms with van der Waals surface area (Å²) in [5.74, 6) is 1.11. The zero-order chi connectivity index (χ0) is 17.4. The number of fused-ring (bicyclic) bond motifs is 1. The first-order valence-corrected chi connectivity index (χ1v) is 7.64. The molecule has 4 rings (SSSR count). The van der Waals surface area contributed by atoms with Crippen LogP contribution in [0.4, 0.5) is 5.82 Å². The van der Waals surface area contributed by atoms with Crippen molar-refractivity contribution in [2.75, 3.05) is 11.9 Å². The fraction of sp³-hybridized carbons (Fsp3) is 0.429. The van der Waals surface area contributed by atoms with Crippen LogP contribution in [0.15, 0.2) is 29.0 Å². The van der Waals surface area contributed by atoms with Crippen LogP contribution in [-0.2, 0) is 11.3 Å². The number of aliphatic hydroxyl groups is 3. The molecule has 3 aromatic rings. The SMILES string of the molecule is OC[C@H]1O[C@@H](n2nnc3c(NCc4ccco4)nncc32)[C@H](O)[C@@H]1O. The van der Waals surface area contributed by atoms with Crippen molar-refractivity contribution in [2.24, 2.45) is 0 Å². The van der Waals surface area contributed by atoms with Gasteiger partial charge >= 0.3 is 0 Å². The molecule has 0 amide bonds. The molecule has 1 aliphatic rings. The highest BCUT2D eigenvalue weighted by molar-refractivity contribution is 5.84. The van der Waals surface area contributed by atoms with Crippen LogP contribution in [0.3, 0.4) is 0 Å². The Morgan fingerprint density at radius 3 is 2.84 bits per heavy atom. The van der Waals surface area contributed by atoms with Gasteiger partial charge in [-0.15, -0.1) is 10.2 Å². The molecule has 3 aromatic heterocycles. The number of hydrogen-bond acceptors (Lipinski definition) is 10. The Morgan fingerprint density at radius 1 is 1.24 bits per heavy atom. The lowest BCUT2D eigenvalue weighted by Gasteiger charge is -2.15. The number of hydrogen-bond donors (Lipinski definition) is 4. The van der Waals surface area contributed by atoms with Gasteiger partial charge in [0, 0.05) is 0 Å². The molecule has 132 valence electrons. The molecule has 0 radical (unpaired) electrons. The summed E-state index contributed by atoms with van der Waals surface area (Å²) in [6.07, 6.45) is -1.36. The van der Waals surface area contributed by atoms with Gasteiger partial charge < -0.3 is 29.8 Å². The standard InChI is InChI=1S/C14H16N6O5/c21-6-9-11(22)12(23)14(25-9)20-8-5-16-18-13(10(8)17-19-20)15-4-7-2-1-3-24-7/h1-3,5,9,11-12,14,21-23H,4,6H2,(H,15,18)/t9-,11-,12-,14-/m1/s1. The van der Waals surface area contributed by atoms with Crippen molar-refractivity contribution in [3.8, 4) is 0 Å². The third-order valence-corrected chi connectivity index (χ3v) is 4.06. The number of rotatable bonds is 5. The third kappa shape index (κ3) is 2.72. The number of aliphatic hydroxyl groups excluding tert-OH is 3. The van der Waals surface area contributed by atoms with Gasteiger partial charge in [-0.25, -0.2) is 4.68 Å². The molecular weight excluding hydrogens is 332 g/mol. The van der Waals surface area contributed by atoms with Crippen molar-refractivity contribution in [1.82, 2.24) is 25.2 Å². The van der Waals surface area contributed by atoms with Crippen molar-refractivity contribution < 1.29 is 24.5 Å². The molecule has 1 aliphatic heterocycles. The summed E-state index contributed by atoms with van der Waals surface area (Å²) < 4.78 is 12.0. The predicted octanol–water partition coefficient (Wildman–Crippen LogP) is -0.962. The Kier molecular flexibility index (Phi) is 4.05. The van der Waals surface area contributed by atoms with Gasteiger partial charge in [0.15, 0.2) is 17.6 Å². The molecule has 4 atom stereocenters. The van der Waals surface area contributed by atoms with Gasteiger partial charge in [0.2, 0.25) is 0 Å². The van der Waals surface area contributed by atoms with Crippen molar-refractivity contribution >= 4 is 16.9 Å². The highest BCUT2D eigenvalue weighted by Gasteiger charge is 2.44. The maximum Gasteiger partial charge on any atom is 0.181 e. The summed E-state index contributed by atoms with van der Waals surface area (Å²) in [5.41, 5.74) is 0.895. The van der Waals surface area contributed by atoms with Crippen LogP contribution in [0.1, 0.15) is 12.0 Å². The highest BCUT2D eigenvalue weighted by atomic mass is 16.6. The minimum Gasteiger partial charge on any atom is -0.467 e. The Labute approximate surface area is 140 Å². The lowest BCUT2D eigenvalue weighted by Crippen LogP contribution is -2.33. The number of furan rings is 1. The molecule has 11 heteroatoms. The van der Waals surface area contributed by atoms with Crippen LogP contribution in [0, 0.1) is 0 Å². The molecule has 0 saturated carbocycles. The molecular formula is C14H16N6O5. The number of anilines is 1. The van der Waals surface area contributed by atoms with Gasteiger partial charge in [0.1, 0.15) is 29.6 Å². The monoisotopic (exact) mass is 348 g/mol. The molecule has 4 N–H and O–H groups in total. The maximum atomic E-state index is 10.1. The van der Waals surface area contributed by atoms with Crippen LogP contribution < -0.4 is 5.32 Å². The van der Waals surface area contributed by atoms with Crippen molar-refractivity contribution in [1.29, 1.82) is 0 Å². The Morgan fingerprint density at radius 2 is 2.12 bits per heavy atom. The number of nitrogens with one attached hydrogen (secondary N) is 1. The first kappa shape index (κ1) is 15.9. The molecule has 1 saturated heterocycles. The average Bonchev–Trinajstić information content (AvgIpc) is 3.34. The van der Waals surface area contributed by atoms with E-state index in [-0.39, 0.29) is 0 Å². The zero-order valence-electron chi connectivity index (χ0n) is 12.9. The summed E-state index contributed by atoms with van der Waals surface area (Å²) >= 11 is 0. The normalized spacial score (nSPS) is 26.4. The van der Waals surface area contributed by atoms with Crippen molar-refractivity contribution in [3.63, 3.8) is 0 Å². The second-order valence-electron chi connectivity index (χ2n) is 5.62. The minimum absolute atomic E-state index is 0.390. The zero-order valence-corrected chi connectivity index (χ0v) is 12.9. The number of ether oxygens (including phenoxy) is 1. The fourth-order valence-corrected chi connectivity index (χ4v) is 2.75.